The maximum atomic E-state index is 6.24. The van der Waals surface area contributed by atoms with Gasteiger partial charge in [-0.25, -0.2) is 4.98 Å². The summed E-state index contributed by atoms with van der Waals surface area (Å²) >= 11 is 7.99. The SMILES string of the molecule is CCCCCCSc1nnc2n1-c1ccc(Cl)nc1C(c1ccccc1)=NC2. The van der Waals surface area contributed by atoms with E-state index in [0.717, 1.165) is 39.4 Å². The lowest BCUT2D eigenvalue weighted by Gasteiger charge is -2.12. The Bertz CT molecular complexity index is 984. The highest BCUT2D eigenvalue weighted by molar-refractivity contribution is 7.99. The van der Waals surface area contributed by atoms with Crippen LogP contribution in [0.3, 0.4) is 0 Å². The van der Waals surface area contributed by atoms with Gasteiger partial charge in [-0.1, -0.05) is 79.9 Å². The van der Waals surface area contributed by atoms with E-state index in [0.29, 0.717) is 11.7 Å². The predicted octanol–water partition coefficient (Wildman–Crippen LogP) is 5.34. The number of nitrogens with zero attached hydrogens (tertiary/aromatic N) is 5. The number of unbranched alkanes of at least 4 members (excludes halogenated alkanes) is 3. The zero-order chi connectivity index (χ0) is 19.3. The molecule has 1 aliphatic heterocycles. The van der Waals surface area contributed by atoms with Gasteiger partial charge in [-0.3, -0.25) is 9.56 Å². The Balaban J connectivity index is 1.71. The lowest BCUT2D eigenvalue weighted by molar-refractivity contribution is 0.705. The van der Waals surface area contributed by atoms with E-state index in [2.05, 4.69) is 26.7 Å². The molecule has 28 heavy (non-hydrogen) atoms. The van der Waals surface area contributed by atoms with Gasteiger partial charge in [-0.15, -0.1) is 10.2 Å². The largest absolute Gasteiger partial charge is 0.274 e. The van der Waals surface area contributed by atoms with Crippen molar-refractivity contribution >= 4 is 29.1 Å². The fourth-order valence-corrected chi connectivity index (χ4v) is 4.37. The van der Waals surface area contributed by atoms with E-state index in [1.54, 1.807) is 11.8 Å². The molecule has 0 saturated heterocycles. The lowest BCUT2D eigenvalue weighted by atomic mass is 10.1. The van der Waals surface area contributed by atoms with Gasteiger partial charge in [0.2, 0.25) is 0 Å². The predicted molar refractivity (Wildman–Crippen MR) is 115 cm³/mol. The molecule has 3 heterocycles. The van der Waals surface area contributed by atoms with Crippen molar-refractivity contribution in [2.45, 2.75) is 44.3 Å². The van der Waals surface area contributed by atoms with Crippen molar-refractivity contribution in [3.8, 4) is 5.69 Å². The molecule has 0 unspecified atom stereocenters. The normalized spacial score (nSPS) is 12.9. The fraction of sp³-hybridized carbons (Fsp3) is 0.333. The number of hydrogen-bond acceptors (Lipinski definition) is 5. The highest BCUT2D eigenvalue weighted by Gasteiger charge is 2.24. The van der Waals surface area contributed by atoms with Crippen LogP contribution in [-0.4, -0.2) is 31.2 Å². The third kappa shape index (κ3) is 3.98. The van der Waals surface area contributed by atoms with Gasteiger partial charge in [0, 0.05) is 11.3 Å². The number of aromatic nitrogens is 4. The molecule has 1 aromatic carbocycles. The zero-order valence-electron chi connectivity index (χ0n) is 15.8. The molecule has 144 valence electrons. The van der Waals surface area contributed by atoms with Crippen LogP contribution in [0.4, 0.5) is 0 Å². The third-order valence-corrected chi connectivity index (χ3v) is 5.89. The maximum absolute atomic E-state index is 6.24. The first-order valence-electron chi connectivity index (χ1n) is 9.62. The second kappa shape index (κ2) is 8.88. The monoisotopic (exact) mass is 411 g/mol. The third-order valence-electron chi connectivity index (χ3n) is 4.66. The van der Waals surface area contributed by atoms with Crippen LogP contribution in [-0.2, 0) is 6.54 Å². The van der Waals surface area contributed by atoms with E-state index in [9.17, 15) is 0 Å². The number of fused-ring (bicyclic) bond motifs is 3. The molecule has 0 saturated carbocycles. The van der Waals surface area contributed by atoms with Crippen LogP contribution in [0.2, 0.25) is 5.15 Å². The van der Waals surface area contributed by atoms with Crippen LogP contribution in [0, 0.1) is 0 Å². The Kier molecular flexibility index (Phi) is 6.07. The summed E-state index contributed by atoms with van der Waals surface area (Å²) in [4.78, 5) is 9.44. The number of rotatable bonds is 7. The highest BCUT2D eigenvalue weighted by atomic mass is 35.5. The van der Waals surface area contributed by atoms with Crippen molar-refractivity contribution in [3.05, 3.63) is 64.7 Å². The van der Waals surface area contributed by atoms with Crippen LogP contribution in [0.5, 0.6) is 0 Å². The Hall–Kier alpha value is -2.18. The van der Waals surface area contributed by atoms with E-state index in [1.165, 1.54) is 25.7 Å². The number of halogens is 1. The van der Waals surface area contributed by atoms with Crippen molar-refractivity contribution in [1.82, 2.24) is 19.7 Å². The Morgan fingerprint density at radius 3 is 2.71 bits per heavy atom. The summed E-state index contributed by atoms with van der Waals surface area (Å²) in [6.45, 7) is 2.69. The average Bonchev–Trinajstić information content (AvgIpc) is 3.04. The van der Waals surface area contributed by atoms with Gasteiger partial charge in [0.05, 0.1) is 11.4 Å². The molecule has 0 bridgehead atoms. The summed E-state index contributed by atoms with van der Waals surface area (Å²) in [5.74, 6) is 1.85. The first-order valence-corrected chi connectivity index (χ1v) is 11.0. The zero-order valence-corrected chi connectivity index (χ0v) is 17.4. The number of hydrogen-bond donors (Lipinski definition) is 0. The molecule has 0 N–H and O–H groups in total. The first-order chi connectivity index (χ1) is 13.8. The molecule has 0 aliphatic carbocycles. The molecule has 0 atom stereocenters. The standard InChI is InChI=1S/C21H22ClN5S/c1-2-3-4-8-13-28-21-26-25-18-14-23-19(15-9-6-5-7-10-15)20-16(27(18)21)11-12-17(22)24-20/h5-7,9-12H,2-4,8,13-14H2,1H3. The van der Waals surface area contributed by atoms with Crippen molar-refractivity contribution in [2.24, 2.45) is 4.99 Å². The Morgan fingerprint density at radius 1 is 1.04 bits per heavy atom. The Labute approximate surface area is 174 Å². The second-order valence-corrected chi connectivity index (χ2v) is 8.13. The lowest BCUT2D eigenvalue weighted by Crippen LogP contribution is -2.10. The van der Waals surface area contributed by atoms with E-state index < -0.39 is 0 Å². The van der Waals surface area contributed by atoms with Gasteiger partial charge in [0.1, 0.15) is 17.4 Å². The van der Waals surface area contributed by atoms with Crippen LogP contribution in [0.15, 0.2) is 52.6 Å². The van der Waals surface area contributed by atoms with E-state index in [4.69, 9.17) is 16.6 Å². The number of pyridine rings is 1. The van der Waals surface area contributed by atoms with Gasteiger partial charge in [0.25, 0.3) is 0 Å². The smallest absolute Gasteiger partial charge is 0.195 e. The van der Waals surface area contributed by atoms with Crippen LogP contribution in [0.1, 0.15) is 49.7 Å². The molecule has 0 fully saturated rings. The fourth-order valence-electron chi connectivity index (χ4n) is 3.26. The molecule has 7 heteroatoms. The molecule has 1 aliphatic rings. The summed E-state index contributed by atoms with van der Waals surface area (Å²) in [6.07, 6.45) is 4.94. The molecular formula is C21H22ClN5S. The van der Waals surface area contributed by atoms with E-state index in [1.807, 2.05) is 42.5 Å². The minimum Gasteiger partial charge on any atom is -0.274 e. The second-order valence-electron chi connectivity index (χ2n) is 6.68. The molecule has 4 rings (SSSR count). The molecule has 0 spiro atoms. The van der Waals surface area contributed by atoms with Crippen molar-refractivity contribution in [3.63, 3.8) is 0 Å². The summed E-state index contributed by atoms with van der Waals surface area (Å²) in [7, 11) is 0. The average molecular weight is 412 g/mol. The first kappa shape index (κ1) is 19.2. The topological polar surface area (TPSA) is 56.0 Å². The highest BCUT2D eigenvalue weighted by Crippen LogP contribution is 2.29. The van der Waals surface area contributed by atoms with Crippen molar-refractivity contribution in [2.75, 3.05) is 5.75 Å². The molecular weight excluding hydrogens is 390 g/mol. The number of aliphatic imine (C=N–C) groups is 1. The van der Waals surface area contributed by atoms with Crippen LogP contribution in [0.25, 0.3) is 5.69 Å². The number of thioether (sulfide) groups is 1. The summed E-state index contributed by atoms with van der Waals surface area (Å²) in [5.41, 5.74) is 3.55. The molecule has 3 aromatic rings. The summed E-state index contributed by atoms with van der Waals surface area (Å²) < 4.78 is 2.09. The Morgan fingerprint density at radius 2 is 1.89 bits per heavy atom. The van der Waals surface area contributed by atoms with Gasteiger partial charge in [0.15, 0.2) is 11.0 Å². The van der Waals surface area contributed by atoms with Gasteiger partial charge < -0.3 is 0 Å². The molecule has 0 radical (unpaired) electrons. The van der Waals surface area contributed by atoms with Crippen molar-refractivity contribution < 1.29 is 0 Å². The molecule has 2 aromatic heterocycles. The molecule has 5 nitrogen and oxygen atoms in total. The van der Waals surface area contributed by atoms with Gasteiger partial charge in [-0.05, 0) is 18.6 Å². The minimum absolute atomic E-state index is 0.452. The minimum atomic E-state index is 0.452. The number of benzene rings is 1. The van der Waals surface area contributed by atoms with Crippen LogP contribution >= 0.6 is 23.4 Å². The van der Waals surface area contributed by atoms with Gasteiger partial charge in [-0.2, -0.15) is 0 Å². The summed E-state index contributed by atoms with van der Waals surface area (Å²) in [5, 5.41) is 10.2. The maximum Gasteiger partial charge on any atom is 0.195 e. The molecule has 0 amide bonds. The van der Waals surface area contributed by atoms with E-state index >= 15 is 0 Å². The quantitative estimate of drug-likeness (QED) is 0.299. The van der Waals surface area contributed by atoms with Crippen molar-refractivity contribution in [1.29, 1.82) is 0 Å². The van der Waals surface area contributed by atoms with Crippen LogP contribution < -0.4 is 0 Å². The van der Waals surface area contributed by atoms with Gasteiger partial charge >= 0.3 is 0 Å². The summed E-state index contributed by atoms with van der Waals surface area (Å²) in [6, 6.07) is 13.9. The van der Waals surface area contributed by atoms with E-state index in [-0.39, 0.29) is 0 Å².